The Balaban J connectivity index is 1.66. The fraction of sp³-hybridized carbons (Fsp3) is 0.562. The minimum absolute atomic E-state index is 0.819. The highest BCUT2D eigenvalue weighted by Gasteiger charge is 2.00. The largest absolute Gasteiger partial charge is 0.331 e. The second-order valence-electron chi connectivity index (χ2n) is 5.57. The molecule has 0 aliphatic carbocycles. The lowest BCUT2D eigenvalue weighted by molar-refractivity contribution is 0.515. The van der Waals surface area contributed by atoms with Crippen LogP contribution in [0.5, 0.6) is 0 Å². The molecule has 0 bridgehead atoms. The van der Waals surface area contributed by atoms with E-state index in [1.807, 2.05) is 12.4 Å². The van der Waals surface area contributed by atoms with Crippen LogP contribution in [-0.2, 0) is 6.54 Å². The van der Waals surface area contributed by atoms with Gasteiger partial charge in [-0.25, -0.2) is 4.98 Å². The van der Waals surface area contributed by atoms with Crippen LogP contribution in [0.1, 0.15) is 33.1 Å². The summed E-state index contributed by atoms with van der Waals surface area (Å²) in [6, 6.07) is 8.31. The molecule has 0 fully saturated rings. The SMILES string of the molecule is CC(C)CCCNCCCn1cnc2ccccc21. The summed E-state index contributed by atoms with van der Waals surface area (Å²) < 4.78 is 2.24. The van der Waals surface area contributed by atoms with Crippen LogP contribution in [0.15, 0.2) is 30.6 Å². The van der Waals surface area contributed by atoms with Gasteiger partial charge in [0.25, 0.3) is 0 Å². The van der Waals surface area contributed by atoms with Gasteiger partial charge >= 0.3 is 0 Å². The molecule has 0 saturated carbocycles. The number of hydrogen-bond acceptors (Lipinski definition) is 2. The van der Waals surface area contributed by atoms with Crippen LogP contribution < -0.4 is 5.32 Å². The molecule has 1 N–H and O–H groups in total. The Kier molecular flexibility index (Phi) is 5.40. The van der Waals surface area contributed by atoms with E-state index in [1.165, 1.54) is 18.4 Å². The molecule has 0 spiro atoms. The Labute approximate surface area is 116 Å². The van der Waals surface area contributed by atoms with Crippen molar-refractivity contribution in [2.24, 2.45) is 5.92 Å². The number of fused-ring (bicyclic) bond motifs is 1. The first-order valence-electron chi connectivity index (χ1n) is 7.38. The zero-order valence-corrected chi connectivity index (χ0v) is 12.1. The summed E-state index contributed by atoms with van der Waals surface area (Å²) in [6.45, 7) is 7.83. The second kappa shape index (κ2) is 7.29. The number of nitrogens with zero attached hydrogens (tertiary/aromatic N) is 2. The highest BCUT2D eigenvalue weighted by atomic mass is 15.0. The lowest BCUT2D eigenvalue weighted by atomic mass is 10.1. The zero-order valence-electron chi connectivity index (χ0n) is 12.1. The quantitative estimate of drug-likeness (QED) is 0.736. The third-order valence-electron chi connectivity index (χ3n) is 3.41. The average Bonchev–Trinajstić information content (AvgIpc) is 2.81. The summed E-state index contributed by atoms with van der Waals surface area (Å²) in [6.07, 6.45) is 5.70. The molecule has 0 radical (unpaired) electrons. The van der Waals surface area contributed by atoms with Crippen molar-refractivity contribution < 1.29 is 0 Å². The fourth-order valence-electron chi connectivity index (χ4n) is 2.32. The van der Waals surface area contributed by atoms with Crippen molar-refractivity contribution in [3.63, 3.8) is 0 Å². The number of benzene rings is 1. The smallest absolute Gasteiger partial charge is 0.0958 e. The molecule has 104 valence electrons. The Bertz CT molecular complexity index is 487. The molecule has 0 aliphatic rings. The van der Waals surface area contributed by atoms with E-state index in [1.54, 1.807) is 0 Å². The number of aryl methyl sites for hydroxylation is 1. The van der Waals surface area contributed by atoms with E-state index in [0.717, 1.165) is 37.5 Å². The first-order valence-corrected chi connectivity index (χ1v) is 7.38. The summed E-state index contributed by atoms with van der Waals surface area (Å²) in [5, 5.41) is 3.52. The first-order chi connectivity index (χ1) is 9.27. The average molecular weight is 259 g/mol. The fourth-order valence-corrected chi connectivity index (χ4v) is 2.32. The van der Waals surface area contributed by atoms with E-state index >= 15 is 0 Å². The molecule has 1 aromatic heterocycles. The number of rotatable bonds is 8. The maximum atomic E-state index is 4.41. The molecule has 3 nitrogen and oxygen atoms in total. The van der Waals surface area contributed by atoms with E-state index in [-0.39, 0.29) is 0 Å². The van der Waals surface area contributed by atoms with Gasteiger partial charge in [0, 0.05) is 6.54 Å². The lowest BCUT2D eigenvalue weighted by Crippen LogP contribution is -2.18. The maximum Gasteiger partial charge on any atom is 0.0958 e. The molecular weight excluding hydrogens is 234 g/mol. The molecule has 0 atom stereocenters. The molecule has 19 heavy (non-hydrogen) atoms. The van der Waals surface area contributed by atoms with E-state index in [4.69, 9.17) is 0 Å². The minimum atomic E-state index is 0.819. The standard InChI is InChI=1S/C16H25N3/c1-14(2)7-5-10-17-11-6-12-19-13-18-15-8-3-4-9-16(15)19/h3-4,8-9,13-14,17H,5-7,10-12H2,1-2H3. The van der Waals surface area contributed by atoms with E-state index in [0.29, 0.717) is 0 Å². The molecule has 0 amide bonds. The third-order valence-corrected chi connectivity index (χ3v) is 3.41. The van der Waals surface area contributed by atoms with Crippen molar-refractivity contribution in [2.45, 2.75) is 39.7 Å². The summed E-state index contributed by atoms with van der Waals surface area (Å²) in [4.78, 5) is 4.41. The van der Waals surface area contributed by atoms with E-state index in [9.17, 15) is 0 Å². The van der Waals surface area contributed by atoms with Gasteiger partial charge in [-0.15, -0.1) is 0 Å². The lowest BCUT2D eigenvalue weighted by Gasteiger charge is -2.07. The predicted molar refractivity (Wildman–Crippen MR) is 81.3 cm³/mol. The molecular formula is C16H25N3. The molecule has 2 aromatic rings. The van der Waals surface area contributed by atoms with Crippen molar-refractivity contribution >= 4 is 11.0 Å². The molecule has 2 rings (SSSR count). The highest BCUT2D eigenvalue weighted by molar-refractivity contribution is 5.74. The normalized spacial score (nSPS) is 11.5. The van der Waals surface area contributed by atoms with Gasteiger partial charge in [-0.2, -0.15) is 0 Å². The number of para-hydroxylation sites is 2. The number of hydrogen-bond donors (Lipinski definition) is 1. The maximum absolute atomic E-state index is 4.41. The topological polar surface area (TPSA) is 29.9 Å². The van der Waals surface area contributed by atoms with Gasteiger partial charge in [0.2, 0.25) is 0 Å². The first kappa shape index (κ1) is 14.1. The third kappa shape index (κ3) is 4.35. The number of nitrogens with one attached hydrogen (secondary N) is 1. The van der Waals surface area contributed by atoms with E-state index in [2.05, 4.69) is 46.9 Å². The highest BCUT2D eigenvalue weighted by Crippen LogP contribution is 2.11. The molecule has 0 aliphatic heterocycles. The molecule has 3 heteroatoms. The Morgan fingerprint density at radius 1 is 1.16 bits per heavy atom. The van der Waals surface area contributed by atoms with Crippen LogP contribution in [0.25, 0.3) is 11.0 Å². The molecule has 1 aromatic carbocycles. The summed E-state index contributed by atoms with van der Waals surface area (Å²) in [5.41, 5.74) is 2.33. The van der Waals surface area contributed by atoms with Gasteiger partial charge in [-0.3, -0.25) is 0 Å². The van der Waals surface area contributed by atoms with Crippen LogP contribution in [-0.4, -0.2) is 22.6 Å². The monoisotopic (exact) mass is 259 g/mol. The van der Waals surface area contributed by atoms with Gasteiger partial charge in [0.1, 0.15) is 0 Å². The minimum Gasteiger partial charge on any atom is -0.331 e. The van der Waals surface area contributed by atoms with Crippen LogP contribution in [0.3, 0.4) is 0 Å². The second-order valence-corrected chi connectivity index (χ2v) is 5.57. The van der Waals surface area contributed by atoms with Crippen molar-refractivity contribution in [1.29, 1.82) is 0 Å². The summed E-state index contributed by atoms with van der Waals surface area (Å²) >= 11 is 0. The van der Waals surface area contributed by atoms with Crippen molar-refractivity contribution in [1.82, 2.24) is 14.9 Å². The molecule has 1 heterocycles. The van der Waals surface area contributed by atoms with Gasteiger partial charge in [-0.05, 0) is 50.4 Å². The van der Waals surface area contributed by atoms with Gasteiger partial charge < -0.3 is 9.88 Å². The van der Waals surface area contributed by atoms with Gasteiger partial charge in [0.15, 0.2) is 0 Å². The van der Waals surface area contributed by atoms with Crippen LogP contribution in [0, 0.1) is 5.92 Å². The number of imidazole rings is 1. The Morgan fingerprint density at radius 3 is 2.79 bits per heavy atom. The van der Waals surface area contributed by atoms with Crippen LogP contribution in [0.4, 0.5) is 0 Å². The summed E-state index contributed by atoms with van der Waals surface area (Å²) in [7, 11) is 0. The number of aromatic nitrogens is 2. The summed E-state index contributed by atoms with van der Waals surface area (Å²) in [5.74, 6) is 0.819. The Morgan fingerprint density at radius 2 is 1.95 bits per heavy atom. The molecule has 0 saturated heterocycles. The Hall–Kier alpha value is -1.35. The molecule has 0 unspecified atom stereocenters. The predicted octanol–water partition coefficient (Wildman–Crippen LogP) is 3.45. The van der Waals surface area contributed by atoms with Gasteiger partial charge in [0.05, 0.1) is 17.4 Å². The van der Waals surface area contributed by atoms with Crippen molar-refractivity contribution in [3.8, 4) is 0 Å². The van der Waals surface area contributed by atoms with Crippen LogP contribution >= 0.6 is 0 Å². The van der Waals surface area contributed by atoms with Crippen LogP contribution in [0.2, 0.25) is 0 Å². The van der Waals surface area contributed by atoms with Crippen molar-refractivity contribution in [2.75, 3.05) is 13.1 Å². The van der Waals surface area contributed by atoms with E-state index < -0.39 is 0 Å². The van der Waals surface area contributed by atoms with Crippen molar-refractivity contribution in [3.05, 3.63) is 30.6 Å². The zero-order chi connectivity index (χ0) is 13.5. The van der Waals surface area contributed by atoms with Gasteiger partial charge in [-0.1, -0.05) is 26.0 Å².